The number of anilines is 1. The number of rotatable bonds is 4. The first-order chi connectivity index (χ1) is 10.0. The highest BCUT2D eigenvalue weighted by Crippen LogP contribution is 2.20. The van der Waals surface area contributed by atoms with Gasteiger partial charge >= 0.3 is 0 Å². The molecule has 0 saturated heterocycles. The number of carbonyl (C=O) groups excluding carboxylic acids is 1. The van der Waals surface area contributed by atoms with Gasteiger partial charge in [0.25, 0.3) is 11.6 Å². The molecule has 2 aromatic rings. The van der Waals surface area contributed by atoms with E-state index in [1.54, 1.807) is 37.3 Å². The average molecular weight is 305 g/mol. The zero-order valence-corrected chi connectivity index (χ0v) is 12.1. The molecule has 2 aromatic carbocycles. The molecule has 0 aliphatic heterocycles. The first-order valence-electron chi connectivity index (χ1n) is 6.22. The Hall–Kier alpha value is -2.40. The fourth-order valence-electron chi connectivity index (χ4n) is 1.88. The molecule has 1 amide bonds. The van der Waals surface area contributed by atoms with Crippen LogP contribution in [0.2, 0.25) is 0 Å². The molecule has 5 nitrogen and oxygen atoms in total. The van der Waals surface area contributed by atoms with E-state index < -0.39 is 10.8 Å². The summed E-state index contributed by atoms with van der Waals surface area (Å²) in [5, 5.41) is 13.6. The molecule has 2 rings (SSSR count). The van der Waals surface area contributed by atoms with E-state index in [0.717, 1.165) is 5.56 Å². The van der Waals surface area contributed by atoms with Crippen LogP contribution in [-0.4, -0.2) is 10.8 Å². The minimum absolute atomic E-state index is 0.0721. The van der Waals surface area contributed by atoms with E-state index >= 15 is 0 Å². The highest BCUT2D eigenvalue weighted by molar-refractivity contribution is 6.17. The van der Waals surface area contributed by atoms with E-state index in [9.17, 15) is 14.9 Å². The van der Waals surface area contributed by atoms with Crippen molar-refractivity contribution in [1.82, 2.24) is 0 Å². The van der Waals surface area contributed by atoms with Crippen LogP contribution in [-0.2, 0) is 5.88 Å². The van der Waals surface area contributed by atoms with Gasteiger partial charge in [-0.3, -0.25) is 14.9 Å². The Kier molecular flexibility index (Phi) is 4.55. The van der Waals surface area contributed by atoms with Crippen LogP contribution < -0.4 is 5.32 Å². The molecule has 0 aromatic heterocycles. The summed E-state index contributed by atoms with van der Waals surface area (Å²) in [4.78, 5) is 22.5. The van der Waals surface area contributed by atoms with Gasteiger partial charge in [0.05, 0.1) is 4.92 Å². The molecule has 0 fully saturated rings. The van der Waals surface area contributed by atoms with Gasteiger partial charge in [-0.25, -0.2) is 0 Å². The van der Waals surface area contributed by atoms with Gasteiger partial charge in [0, 0.05) is 28.8 Å². The topological polar surface area (TPSA) is 72.2 Å². The number of carbonyl (C=O) groups is 1. The van der Waals surface area contributed by atoms with E-state index in [1.165, 1.54) is 6.07 Å². The Labute approximate surface area is 126 Å². The lowest BCUT2D eigenvalue weighted by molar-refractivity contribution is -0.385. The summed E-state index contributed by atoms with van der Waals surface area (Å²) < 4.78 is 0. The first-order valence-corrected chi connectivity index (χ1v) is 6.76. The molecule has 0 radical (unpaired) electrons. The number of hydrogen-bond donors (Lipinski definition) is 1. The Balaban J connectivity index is 2.24. The van der Waals surface area contributed by atoms with Crippen LogP contribution in [0.1, 0.15) is 21.5 Å². The molecule has 0 aliphatic carbocycles. The fourth-order valence-corrected chi connectivity index (χ4v) is 2.05. The molecule has 0 bridgehead atoms. The van der Waals surface area contributed by atoms with Crippen molar-refractivity contribution in [2.24, 2.45) is 0 Å². The van der Waals surface area contributed by atoms with Gasteiger partial charge in [-0.15, -0.1) is 11.6 Å². The Morgan fingerprint density at radius 1 is 1.29 bits per heavy atom. The van der Waals surface area contributed by atoms with Crippen molar-refractivity contribution in [2.75, 3.05) is 5.32 Å². The van der Waals surface area contributed by atoms with Crippen molar-refractivity contribution in [1.29, 1.82) is 0 Å². The number of nitrogens with zero attached hydrogens (tertiary/aromatic N) is 1. The number of nitrogens with one attached hydrogen (secondary N) is 1. The number of hydrogen-bond acceptors (Lipinski definition) is 3. The van der Waals surface area contributed by atoms with Gasteiger partial charge in [-0.05, 0) is 30.7 Å². The molecule has 21 heavy (non-hydrogen) atoms. The van der Waals surface area contributed by atoms with Gasteiger partial charge in [0.15, 0.2) is 0 Å². The summed E-state index contributed by atoms with van der Waals surface area (Å²) in [6.07, 6.45) is 0. The number of nitro groups is 1. The number of benzene rings is 2. The van der Waals surface area contributed by atoms with E-state index in [-0.39, 0.29) is 11.3 Å². The van der Waals surface area contributed by atoms with Crippen molar-refractivity contribution in [3.63, 3.8) is 0 Å². The molecule has 6 heteroatoms. The van der Waals surface area contributed by atoms with E-state index in [4.69, 9.17) is 11.6 Å². The standard InChI is InChI=1S/C15H13ClN2O3/c1-10-5-6-12(8-14(10)18(20)21)15(19)17-13-4-2-3-11(7-13)9-16/h2-8H,9H2,1H3,(H,17,19). The Morgan fingerprint density at radius 3 is 2.71 bits per heavy atom. The predicted octanol–water partition coefficient (Wildman–Crippen LogP) is 3.89. The summed E-state index contributed by atoms with van der Waals surface area (Å²) in [6.45, 7) is 1.63. The van der Waals surface area contributed by atoms with E-state index in [1.807, 2.05) is 6.07 Å². The molecular weight excluding hydrogens is 292 g/mol. The van der Waals surface area contributed by atoms with Crippen LogP contribution in [0.4, 0.5) is 11.4 Å². The quantitative estimate of drug-likeness (QED) is 0.529. The molecule has 0 aliphatic rings. The van der Waals surface area contributed by atoms with Crippen LogP contribution in [0, 0.1) is 17.0 Å². The molecule has 0 spiro atoms. The summed E-state index contributed by atoms with van der Waals surface area (Å²) in [5.74, 6) is -0.0514. The van der Waals surface area contributed by atoms with Crippen molar-refractivity contribution in [3.8, 4) is 0 Å². The van der Waals surface area contributed by atoms with Crippen LogP contribution >= 0.6 is 11.6 Å². The molecule has 0 saturated carbocycles. The van der Waals surface area contributed by atoms with Gasteiger partial charge < -0.3 is 5.32 Å². The Morgan fingerprint density at radius 2 is 2.05 bits per heavy atom. The van der Waals surface area contributed by atoms with Gasteiger partial charge in [0.2, 0.25) is 0 Å². The fraction of sp³-hybridized carbons (Fsp3) is 0.133. The number of aryl methyl sites for hydroxylation is 1. The molecule has 1 N–H and O–H groups in total. The zero-order chi connectivity index (χ0) is 15.4. The summed E-state index contributed by atoms with van der Waals surface area (Å²) in [6, 6.07) is 11.5. The van der Waals surface area contributed by atoms with Crippen molar-refractivity contribution < 1.29 is 9.72 Å². The van der Waals surface area contributed by atoms with Crippen LogP contribution in [0.25, 0.3) is 0 Å². The maximum absolute atomic E-state index is 12.1. The van der Waals surface area contributed by atoms with E-state index in [2.05, 4.69) is 5.32 Å². The third kappa shape index (κ3) is 3.58. The lowest BCUT2D eigenvalue weighted by Gasteiger charge is -2.07. The molecule has 0 heterocycles. The minimum atomic E-state index is -0.500. The average Bonchev–Trinajstić information content (AvgIpc) is 2.47. The lowest BCUT2D eigenvalue weighted by Crippen LogP contribution is -2.12. The number of halogens is 1. The van der Waals surface area contributed by atoms with Crippen LogP contribution in [0.5, 0.6) is 0 Å². The first kappa shape index (κ1) is 15.0. The molecule has 108 valence electrons. The largest absolute Gasteiger partial charge is 0.322 e. The highest BCUT2D eigenvalue weighted by atomic mass is 35.5. The second kappa shape index (κ2) is 6.37. The second-order valence-corrected chi connectivity index (χ2v) is 4.81. The smallest absolute Gasteiger partial charge is 0.273 e. The summed E-state index contributed by atoms with van der Waals surface area (Å²) >= 11 is 5.74. The van der Waals surface area contributed by atoms with Crippen molar-refractivity contribution in [3.05, 3.63) is 69.3 Å². The predicted molar refractivity (Wildman–Crippen MR) is 81.8 cm³/mol. The monoisotopic (exact) mass is 304 g/mol. The molecule has 0 atom stereocenters. The number of amides is 1. The van der Waals surface area contributed by atoms with Crippen LogP contribution in [0.3, 0.4) is 0 Å². The summed E-state index contributed by atoms with van der Waals surface area (Å²) in [5.41, 5.74) is 2.16. The molecular formula is C15H13ClN2O3. The lowest BCUT2D eigenvalue weighted by atomic mass is 10.1. The van der Waals surface area contributed by atoms with E-state index in [0.29, 0.717) is 17.1 Å². The van der Waals surface area contributed by atoms with Crippen LogP contribution in [0.15, 0.2) is 42.5 Å². The normalized spacial score (nSPS) is 10.2. The maximum atomic E-state index is 12.1. The van der Waals surface area contributed by atoms with Gasteiger partial charge in [-0.2, -0.15) is 0 Å². The van der Waals surface area contributed by atoms with Crippen molar-refractivity contribution >= 4 is 28.9 Å². The summed E-state index contributed by atoms with van der Waals surface area (Å²) in [7, 11) is 0. The van der Waals surface area contributed by atoms with Gasteiger partial charge in [-0.1, -0.05) is 18.2 Å². The Bertz CT molecular complexity index is 701. The van der Waals surface area contributed by atoms with Crippen molar-refractivity contribution in [2.45, 2.75) is 12.8 Å². The zero-order valence-electron chi connectivity index (χ0n) is 11.3. The maximum Gasteiger partial charge on any atom is 0.273 e. The third-order valence-electron chi connectivity index (χ3n) is 3.01. The van der Waals surface area contributed by atoms with Gasteiger partial charge in [0.1, 0.15) is 0 Å². The minimum Gasteiger partial charge on any atom is -0.322 e. The third-order valence-corrected chi connectivity index (χ3v) is 3.32. The second-order valence-electron chi connectivity index (χ2n) is 4.55. The SMILES string of the molecule is Cc1ccc(C(=O)Nc2cccc(CCl)c2)cc1[N+](=O)[O-]. The number of nitro benzene ring substituents is 1. The number of alkyl halides is 1. The highest BCUT2D eigenvalue weighted by Gasteiger charge is 2.15. The molecule has 0 unspecified atom stereocenters.